The maximum Gasteiger partial charge on any atom is 0.122 e. The predicted molar refractivity (Wildman–Crippen MR) is 57.8 cm³/mol. The monoisotopic (exact) mass is 208 g/mol. The van der Waals surface area contributed by atoms with Gasteiger partial charge in [0.15, 0.2) is 0 Å². The van der Waals surface area contributed by atoms with Gasteiger partial charge >= 0.3 is 0 Å². The summed E-state index contributed by atoms with van der Waals surface area (Å²) in [5, 5.41) is 9.43. The molecule has 0 aliphatic carbocycles. The number of aliphatic hydroxyl groups excluding tert-OH is 1. The van der Waals surface area contributed by atoms with E-state index < -0.39 is 6.10 Å². The molecule has 0 aromatic heterocycles. The minimum atomic E-state index is -0.645. The fraction of sp³-hybridized carbons (Fsp3) is 0.417. The van der Waals surface area contributed by atoms with E-state index in [0.29, 0.717) is 0 Å². The fourth-order valence-corrected chi connectivity index (χ4v) is 1.16. The van der Waals surface area contributed by atoms with Gasteiger partial charge in [0.2, 0.25) is 0 Å². The summed E-state index contributed by atoms with van der Waals surface area (Å²) in [7, 11) is 0. The van der Waals surface area contributed by atoms with E-state index in [1.165, 1.54) is 0 Å². The van der Waals surface area contributed by atoms with Gasteiger partial charge in [0.1, 0.15) is 18.5 Å². The molecule has 0 heterocycles. The first-order chi connectivity index (χ1) is 7.24. The SMILES string of the molecule is [CH]COCC(O)COc1ccccc1C. The first kappa shape index (κ1) is 12.0. The molecule has 1 rings (SSSR count). The number of aliphatic hydroxyl groups is 1. The summed E-state index contributed by atoms with van der Waals surface area (Å²) in [5.41, 5.74) is 1.05. The van der Waals surface area contributed by atoms with Crippen molar-refractivity contribution in [3.63, 3.8) is 0 Å². The Kier molecular flexibility index (Phi) is 5.15. The van der Waals surface area contributed by atoms with Crippen LogP contribution in [0.5, 0.6) is 5.75 Å². The van der Waals surface area contributed by atoms with Gasteiger partial charge in [0.05, 0.1) is 13.2 Å². The molecule has 15 heavy (non-hydrogen) atoms. The molecule has 0 bridgehead atoms. The van der Waals surface area contributed by atoms with Gasteiger partial charge in [-0.1, -0.05) is 18.2 Å². The zero-order valence-electron chi connectivity index (χ0n) is 8.85. The second kappa shape index (κ2) is 6.43. The Hall–Kier alpha value is -1.06. The number of para-hydroxylation sites is 1. The summed E-state index contributed by atoms with van der Waals surface area (Å²) in [6, 6.07) is 7.66. The van der Waals surface area contributed by atoms with Crippen LogP contribution in [0.2, 0.25) is 0 Å². The average Bonchev–Trinajstić information content (AvgIpc) is 2.25. The summed E-state index contributed by atoms with van der Waals surface area (Å²) < 4.78 is 10.3. The van der Waals surface area contributed by atoms with Crippen LogP contribution in [0.25, 0.3) is 0 Å². The van der Waals surface area contributed by atoms with Gasteiger partial charge in [0.25, 0.3) is 0 Å². The van der Waals surface area contributed by atoms with Crippen LogP contribution in [-0.4, -0.2) is 31.0 Å². The third kappa shape index (κ3) is 4.32. The highest BCUT2D eigenvalue weighted by atomic mass is 16.5. The van der Waals surface area contributed by atoms with Gasteiger partial charge in [-0.25, -0.2) is 0 Å². The van der Waals surface area contributed by atoms with E-state index in [0.717, 1.165) is 11.3 Å². The Morgan fingerprint density at radius 2 is 2.07 bits per heavy atom. The summed E-state index contributed by atoms with van der Waals surface area (Å²) in [4.78, 5) is 0. The number of benzene rings is 1. The van der Waals surface area contributed by atoms with Gasteiger partial charge in [-0.2, -0.15) is 0 Å². The number of ether oxygens (including phenoxy) is 2. The van der Waals surface area contributed by atoms with Crippen molar-refractivity contribution >= 4 is 0 Å². The van der Waals surface area contributed by atoms with Crippen molar-refractivity contribution in [1.29, 1.82) is 0 Å². The van der Waals surface area contributed by atoms with Crippen molar-refractivity contribution in [3.8, 4) is 5.75 Å². The Bertz CT molecular complexity index is 286. The second-order valence-corrected chi connectivity index (χ2v) is 3.27. The van der Waals surface area contributed by atoms with Crippen LogP contribution in [0.3, 0.4) is 0 Å². The van der Waals surface area contributed by atoms with E-state index in [4.69, 9.17) is 16.4 Å². The molecule has 1 N–H and O–H groups in total. The summed E-state index contributed by atoms with van der Waals surface area (Å²) in [6.07, 6.45) is -0.645. The van der Waals surface area contributed by atoms with Crippen LogP contribution in [0.15, 0.2) is 24.3 Å². The topological polar surface area (TPSA) is 38.7 Å². The molecular weight excluding hydrogens is 192 g/mol. The van der Waals surface area contributed by atoms with Crippen molar-refractivity contribution in [3.05, 3.63) is 36.8 Å². The summed E-state index contributed by atoms with van der Waals surface area (Å²) >= 11 is 0. The molecule has 1 aromatic carbocycles. The average molecular weight is 208 g/mol. The van der Waals surface area contributed by atoms with Crippen molar-refractivity contribution < 1.29 is 14.6 Å². The number of hydrogen-bond acceptors (Lipinski definition) is 3. The Morgan fingerprint density at radius 3 is 2.73 bits per heavy atom. The largest absolute Gasteiger partial charge is 0.491 e. The standard InChI is InChI=1S/C12H16O3/c1-3-14-8-11(13)9-15-12-7-5-4-6-10(12)2/h1,4-7,11,13H,3,8-9H2,2H3. The highest BCUT2D eigenvalue weighted by Gasteiger charge is 2.05. The molecule has 0 saturated heterocycles. The molecule has 0 aliphatic rings. The van der Waals surface area contributed by atoms with Gasteiger partial charge in [-0.15, -0.1) is 0 Å². The normalized spacial score (nSPS) is 12.5. The molecule has 3 nitrogen and oxygen atoms in total. The van der Waals surface area contributed by atoms with Gasteiger partial charge in [-0.3, -0.25) is 0 Å². The van der Waals surface area contributed by atoms with E-state index >= 15 is 0 Å². The zero-order valence-corrected chi connectivity index (χ0v) is 8.85. The number of rotatable bonds is 6. The molecule has 0 aliphatic heterocycles. The first-order valence-electron chi connectivity index (χ1n) is 4.88. The molecule has 1 unspecified atom stereocenters. The molecule has 82 valence electrons. The van der Waals surface area contributed by atoms with E-state index in [1.807, 2.05) is 31.2 Å². The van der Waals surface area contributed by atoms with Crippen molar-refractivity contribution in [2.24, 2.45) is 0 Å². The summed E-state index contributed by atoms with van der Waals surface area (Å²) in [5.74, 6) is 0.782. The number of hydrogen-bond donors (Lipinski definition) is 1. The van der Waals surface area contributed by atoms with Crippen LogP contribution >= 0.6 is 0 Å². The van der Waals surface area contributed by atoms with E-state index in [2.05, 4.69) is 0 Å². The minimum Gasteiger partial charge on any atom is -0.491 e. The lowest BCUT2D eigenvalue weighted by molar-refractivity contribution is 0.0207. The van der Waals surface area contributed by atoms with Gasteiger partial charge in [-0.05, 0) is 25.5 Å². The van der Waals surface area contributed by atoms with Crippen LogP contribution in [-0.2, 0) is 4.74 Å². The van der Waals surface area contributed by atoms with Crippen LogP contribution in [0.1, 0.15) is 5.56 Å². The smallest absolute Gasteiger partial charge is 0.122 e. The number of aryl methyl sites for hydroxylation is 1. The lowest BCUT2D eigenvalue weighted by Gasteiger charge is -2.13. The Balaban J connectivity index is 2.33. The van der Waals surface area contributed by atoms with E-state index in [1.54, 1.807) is 0 Å². The highest BCUT2D eigenvalue weighted by Crippen LogP contribution is 2.16. The van der Waals surface area contributed by atoms with Crippen molar-refractivity contribution in [2.45, 2.75) is 13.0 Å². The predicted octanol–water partition coefficient (Wildman–Crippen LogP) is 1.46. The minimum absolute atomic E-state index is 0.113. The first-order valence-corrected chi connectivity index (χ1v) is 4.88. The molecule has 2 radical (unpaired) electrons. The molecule has 1 aromatic rings. The molecule has 0 amide bonds. The lowest BCUT2D eigenvalue weighted by Crippen LogP contribution is -2.23. The molecule has 3 heteroatoms. The quantitative estimate of drug-likeness (QED) is 0.769. The fourth-order valence-electron chi connectivity index (χ4n) is 1.16. The van der Waals surface area contributed by atoms with E-state index in [-0.39, 0.29) is 19.8 Å². The van der Waals surface area contributed by atoms with Gasteiger partial charge < -0.3 is 14.6 Å². The zero-order chi connectivity index (χ0) is 11.1. The molecular formula is C12H16O3. The Morgan fingerprint density at radius 1 is 1.33 bits per heavy atom. The Labute approximate surface area is 90.6 Å². The van der Waals surface area contributed by atoms with Crippen molar-refractivity contribution in [2.75, 3.05) is 19.8 Å². The molecule has 0 saturated carbocycles. The van der Waals surface area contributed by atoms with E-state index in [9.17, 15) is 5.11 Å². The van der Waals surface area contributed by atoms with Crippen LogP contribution in [0, 0.1) is 13.8 Å². The molecule has 1 atom stereocenters. The van der Waals surface area contributed by atoms with Crippen LogP contribution in [0.4, 0.5) is 0 Å². The molecule has 0 spiro atoms. The summed E-state index contributed by atoms with van der Waals surface area (Å²) in [6.45, 7) is 7.61. The molecule has 0 fully saturated rings. The third-order valence-corrected chi connectivity index (χ3v) is 1.95. The maximum absolute atomic E-state index is 9.43. The maximum atomic E-state index is 9.43. The second-order valence-electron chi connectivity index (χ2n) is 3.27. The van der Waals surface area contributed by atoms with Crippen molar-refractivity contribution in [1.82, 2.24) is 0 Å². The lowest BCUT2D eigenvalue weighted by atomic mass is 10.2. The van der Waals surface area contributed by atoms with Gasteiger partial charge in [0, 0.05) is 0 Å². The van der Waals surface area contributed by atoms with Crippen LogP contribution < -0.4 is 4.74 Å². The highest BCUT2D eigenvalue weighted by molar-refractivity contribution is 5.31. The third-order valence-electron chi connectivity index (χ3n) is 1.95.